The molecule has 1 aromatic heterocycles. The second-order valence-electron chi connectivity index (χ2n) is 11.1. The van der Waals surface area contributed by atoms with Crippen molar-refractivity contribution in [3.8, 4) is 22.8 Å². The maximum atomic E-state index is 13.2. The van der Waals surface area contributed by atoms with Crippen LogP contribution in [0.25, 0.3) is 17.1 Å². The molecule has 3 aromatic carbocycles. The lowest BCUT2D eigenvalue weighted by Crippen LogP contribution is -2.41. The van der Waals surface area contributed by atoms with Gasteiger partial charge in [-0.3, -0.25) is 15.1 Å². The molecule has 0 saturated carbocycles. The van der Waals surface area contributed by atoms with E-state index in [1.165, 1.54) is 45.4 Å². The van der Waals surface area contributed by atoms with Crippen molar-refractivity contribution in [3.63, 3.8) is 0 Å². The van der Waals surface area contributed by atoms with Gasteiger partial charge in [-0.1, -0.05) is 48.2 Å². The van der Waals surface area contributed by atoms with E-state index in [0.29, 0.717) is 22.2 Å². The smallest absolute Gasteiger partial charge is 0.426 e. The van der Waals surface area contributed by atoms with Gasteiger partial charge in [-0.05, 0) is 79.6 Å². The molecule has 1 fully saturated rings. The van der Waals surface area contributed by atoms with Crippen LogP contribution in [0, 0.1) is 0 Å². The monoisotopic (exact) mass is 685 g/mol. The summed E-state index contributed by atoms with van der Waals surface area (Å²) in [4.78, 5) is 35.5. The molecule has 6 rings (SSSR count). The number of urea groups is 1. The number of aryl methyl sites for hydroxylation is 1. The molecule has 0 bridgehead atoms. The van der Waals surface area contributed by atoms with Crippen molar-refractivity contribution in [2.45, 2.75) is 50.9 Å². The highest BCUT2D eigenvalue weighted by atomic mass is 32.2. The molecule has 48 heavy (non-hydrogen) atoms. The number of aromatic nitrogens is 3. The molecule has 1 unspecified atom stereocenters. The van der Waals surface area contributed by atoms with Crippen molar-refractivity contribution in [2.75, 3.05) is 10.7 Å². The second-order valence-corrected chi connectivity index (χ2v) is 12.0. The first-order chi connectivity index (χ1) is 22.9. The van der Waals surface area contributed by atoms with Gasteiger partial charge in [-0.25, -0.2) is 19.9 Å². The lowest BCUT2D eigenvalue weighted by molar-refractivity contribution is -0.360. The number of thioether (sulfide) groups is 1. The van der Waals surface area contributed by atoms with Crippen LogP contribution < -0.4 is 20.5 Å². The highest BCUT2D eigenvalue weighted by Crippen LogP contribution is 2.38. The number of alkyl halides is 5. The number of hydrogen-bond donors (Lipinski definition) is 2. The SMILES string of the molecule is CC(NNC(=O)N=C1SCC(=O)N1c1cccc2c1CCCC2)c1ccc(-c2ncn(-c3ccc(OC(F)(F)C(F)(F)F)cc3)n2)cc1. The third-order valence-electron chi connectivity index (χ3n) is 7.81. The van der Waals surface area contributed by atoms with E-state index < -0.39 is 24.1 Å². The Labute approximate surface area is 275 Å². The van der Waals surface area contributed by atoms with Gasteiger partial charge in [-0.2, -0.15) is 26.9 Å². The topological polar surface area (TPSA) is 114 Å². The number of halogens is 5. The van der Waals surface area contributed by atoms with Crippen LogP contribution in [-0.2, 0) is 17.6 Å². The number of carbonyl (C=O) groups excluding carboxylic acids is 2. The van der Waals surface area contributed by atoms with Crippen molar-refractivity contribution in [1.29, 1.82) is 0 Å². The fraction of sp³-hybridized carbons (Fsp3) is 0.281. The summed E-state index contributed by atoms with van der Waals surface area (Å²) < 4.78 is 68.7. The molecule has 2 N–H and O–H groups in total. The van der Waals surface area contributed by atoms with Crippen molar-refractivity contribution in [3.05, 3.63) is 89.7 Å². The second kappa shape index (κ2) is 13.4. The Kier molecular flexibility index (Phi) is 9.20. The number of fused-ring (bicyclic) bond motifs is 1. The number of nitrogens with zero attached hydrogens (tertiary/aromatic N) is 5. The quantitative estimate of drug-likeness (QED) is 0.156. The molecular formula is C32H28F5N7O3S. The summed E-state index contributed by atoms with van der Waals surface area (Å²) in [5.74, 6) is -0.245. The molecular weight excluding hydrogens is 657 g/mol. The number of ether oxygens (including phenoxy) is 1. The van der Waals surface area contributed by atoms with Crippen LogP contribution in [-0.4, -0.2) is 49.9 Å². The van der Waals surface area contributed by atoms with Crippen molar-refractivity contribution in [1.82, 2.24) is 25.6 Å². The average Bonchev–Trinajstić information content (AvgIpc) is 3.70. The van der Waals surface area contributed by atoms with E-state index in [-0.39, 0.29) is 17.7 Å². The Morgan fingerprint density at radius 1 is 1.00 bits per heavy atom. The van der Waals surface area contributed by atoms with Gasteiger partial charge in [0.25, 0.3) is 0 Å². The fourth-order valence-electron chi connectivity index (χ4n) is 5.33. The van der Waals surface area contributed by atoms with E-state index in [0.717, 1.165) is 54.6 Å². The van der Waals surface area contributed by atoms with Crippen LogP contribution in [0.4, 0.5) is 32.4 Å². The number of rotatable bonds is 8. The van der Waals surface area contributed by atoms with E-state index in [9.17, 15) is 31.5 Å². The number of amidine groups is 1. The summed E-state index contributed by atoms with van der Waals surface area (Å²) in [5, 5.41) is 4.68. The number of benzene rings is 3. The van der Waals surface area contributed by atoms with Gasteiger partial charge in [-0.15, -0.1) is 5.10 Å². The van der Waals surface area contributed by atoms with Crippen LogP contribution in [0.3, 0.4) is 0 Å². The first-order valence-corrected chi connectivity index (χ1v) is 15.8. The van der Waals surface area contributed by atoms with Gasteiger partial charge >= 0.3 is 18.3 Å². The lowest BCUT2D eigenvalue weighted by atomic mass is 9.90. The third-order valence-corrected chi connectivity index (χ3v) is 8.73. The molecule has 2 heterocycles. The number of hydrogen-bond acceptors (Lipinski definition) is 7. The van der Waals surface area contributed by atoms with Crippen LogP contribution >= 0.6 is 11.8 Å². The standard InChI is InChI=1S/C32H28F5N7O3S/c1-19(40-41-29(46)39-30-44(27(45)17-48-30)26-8-4-6-21-5-2-3-7-25(21)26)20-9-11-22(12-10-20)28-38-18-43(42-28)23-13-15-24(16-14-23)47-32(36,37)31(33,34)35/h4,6,8-16,18-19,40H,2-3,5,7,17H2,1H3,(H,41,46). The summed E-state index contributed by atoms with van der Waals surface area (Å²) in [5.41, 5.74) is 10.5. The van der Waals surface area contributed by atoms with E-state index in [4.69, 9.17) is 0 Å². The molecule has 1 atom stereocenters. The molecule has 10 nitrogen and oxygen atoms in total. The summed E-state index contributed by atoms with van der Waals surface area (Å²) in [6.45, 7) is 1.84. The Morgan fingerprint density at radius 2 is 1.73 bits per heavy atom. The number of hydrazine groups is 1. The maximum absolute atomic E-state index is 13.2. The highest BCUT2D eigenvalue weighted by Gasteiger charge is 2.61. The van der Waals surface area contributed by atoms with Gasteiger partial charge in [0.2, 0.25) is 5.91 Å². The van der Waals surface area contributed by atoms with Crippen LogP contribution in [0.1, 0.15) is 42.5 Å². The van der Waals surface area contributed by atoms with Crippen molar-refractivity contribution >= 4 is 34.6 Å². The first kappa shape index (κ1) is 33.1. The van der Waals surface area contributed by atoms with Crippen molar-refractivity contribution < 1.29 is 36.3 Å². The number of anilines is 1. The molecule has 1 aliphatic carbocycles. The summed E-state index contributed by atoms with van der Waals surface area (Å²) >= 11 is 1.22. The van der Waals surface area contributed by atoms with E-state index in [1.807, 2.05) is 31.2 Å². The lowest BCUT2D eigenvalue weighted by Gasteiger charge is -2.24. The minimum absolute atomic E-state index is 0.119. The average molecular weight is 686 g/mol. The van der Waals surface area contributed by atoms with Gasteiger partial charge in [0.1, 0.15) is 12.1 Å². The zero-order valence-corrected chi connectivity index (χ0v) is 26.1. The van der Waals surface area contributed by atoms with Gasteiger partial charge in [0.05, 0.1) is 17.1 Å². The van der Waals surface area contributed by atoms with Gasteiger partial charge < -0.3 is 4.74 Å². The molecule has 2 aliphatic rings. The van der Waals surface area contributed by atoms with Crippen molar-refractivity contribution in [2.24, 2.45) is 4.99 Å². The predicted octanol–water partition coefficient (Wildman–Crippen LogP) is 6.76. The van der Waals surface area contributed by atoms with Gasteiger partial charge in [0.15, 0.2) is 11.0 Å². The van der Waals surface area contributed by atoms with Crippen LogP contribution in [0.15, 0.2) is 78.0 Å². The summed E-state index contributed by atoms with van der Waals surface area (Å²) in [6, 6.07) is 16.6. The number of nitrogens with one attached hydrogen (secondary N) is 2. The predicted molar refractivity (Wildman–Crippen MR) is 169 cm³/mol. The summed E-state index contributed by atoms with van der Waals surface area (Å²) in [6.07, 6.45) is -5.80. The minimum Gasteiger partial charge on any atom is -0.426 e. The molecule has 0 spiro atoms. The number of amides is 3. The first-order valence-electron chi connectivity index (χ1n) is 14.9. The van der Waals surface area contributed by atoms with E-state index in [1.54, 1.807) is 12.1 Å². The fourth-order valence-corrected chi connectivity index (χ4v) is 6.19. The van der Waals surface area contributed by atoms with Crippen LogP contribution in [0.5, 0.6) is 5.75 Å². The third kappa shape index (κ3) is 7.04. The Hall–Kier alpha value is -4.83. The minimum atomic E-state index is -5.85. The Bertz CT molecular complexity index is 1850. The molecule has 4 aromatic rings. The Balaban J connectivity index is 1.06. The highest BCUT2D eigenvalue weighted by molar-refractivity contribution is 8.15. The largest absolute Gasteiger partial charge is 0.499 e. The molecule has 1 saturated heterocycles. The molecule has 1 aliphatic heterocycles. The number of carbonyl (C=O) groups is 2. The van der Waals surface area contributed by atoms with Crippen LogP contribution in [0.2, 0.25) is 0 Å². The molecule has 16 heteroatoms. The molecule has 250 valence electrons. The zero-order chi connectivity index (χ0) is 34.1. The Morgan fingerprint density at radius 3 is 2.46 bits per heavy atom. The van der Waals surface area contributed by atoms with E-state index in [2.05, 4.69) is 36.7 Å². The molecule has 3 amide bonds. The van der Waals surface area contributed by atoms with E-state index >= 15 is 0 Å². The molecule has 0 radical (unpaired) electrons. The van der Waals surface area contributed by atoms with Gasteiger partial charge in [0, 0.05) is 11.6 Å². The normalized spacial score (nSPS) is 16.6. The number of aliphatic imine (C=N–C) groups is 1. The zero-order valence-electron chi connectivity index (χ0n) is 25.3. The summed E-state index contributed by atoms with van der Waals surface area (Å²) in [7, 11) is 0. The maximum Gasteiger partial charge on any atom is 0.499 e.